The number of carbonyl (C=O) groups excluding carboxylic acids is 1. The van der Waals surface area contributed by atoms with Gasteiger partial charge in [-0.1, -0.05) is 0 Å². The summed E-state index contributed by atoms with van der Waals surface area (Å²) in [5.41, 5.74) is 1.25. The Morgan fingerprint density at radius 2 is 2.00 bits per heavy atom. The highest BCUT2D eigenvalue weighted by Gasteiger charge is 2.11. The van der Waals surface area contributed by atoms with Crippen molar-refractivity contribution in [2.45, 2.75) is 25.3 Å². The molecule has 0 bridgehead atoms. The topological polar surface area (TPSA) is 29.5 Å². The quantitative estimate of drug-likeness (QED) is 0.710. The Bertz CT molecular complexity index is 607. The van der Waals surface area contributed by atoms with Gasteiger partial charge in [0, 0.05) is 16.8 Å². The van der Waals surface area contributed by atoms with Gasteiger partial charge in [0.05, 0.1) is 18.9 Å². The zero-order valence-corrected chi connectivity index (χ0v) is 14.8. The van der Waals surface area contributed by atoms with Gasteiger partial charge in [-0.25, -0.2) is 0 Å². The number of rotatable bonds is 7. The molecule has 2 rings (SSSR count). The minimum absolute atomic E-state index is 0.145. The molecule has 1 heterocycles. The molecule has 0 atom stereocenters. The third kappa shape index (κ3) is 4.78. The van der Waals surface area contributed by atoms with Crippen molar-refractivity contribution < 1.29 is 9.53 Å². The van der Waals surface area contributed by atoms with Gasteiger partial charge in [0.25, 0.3) is 0 Å². The molecule has 1 aromatic carbocycles. The molecule has 0 saturated heterocycles. The minimum atomic E-state index is 0.145. The third-order valence-electron chi connectivity index (χ3n) is 3.27. The van der Waals surface area contributed by atoms with E-state index in [9.17, 15) is 4.79 Å². The Labute approximate surface area is 140 Å². The SMILES string of the molecule is CCOc1ccc(SCC(=O)N(C)Cc2sccc2C)cc1. The lowest BCUT2D eigenvalue weighted by Gasteiger charge is -2.16. The second-order valence-corrected chi connectivity index (χ2v) is 7.02. The number of thioether (sulfide) groups is 1. The van der Waals surface area contributed by atoms with Gasteiger partial charge in [0.2, 0.25) is 5.91 Å². The van der Waals surface area contributed by atoms with E-state index in [1.807, 2.05) is 38.2 Å². The number of benzene rings is 1. The highest BCUT2D eigenvalue weighted by atomic mass is 32.2. The Morgan fingerprint density at radius 1 is 1.27 bits per heavy atom. The van der Waals surface area contributed by atoms with Crippen LogP contribution >= 0.6 is 23.1 Å². The summed E-state index contributed by atoms with van der Waals surface area (Å²) in [6.45, 7) is 5.40. The van der Waals surface area contributed by atoms with Gasteiger partial charge in [-0.3, -0.25) is 4.79 Å². The highest BCUT2D eigenvalue weighted by molar-refractivity contribution is 8.00. The van der Waals surface area contributed by atoms with Gasteiger partial charge in [-0.05, 0) is 55.1 Å². The van der Waals surface area contributed by atoms with E-state index in [1.54, 1.807) is 28.0 Å². The third-order valence-corrected chi connectivity index (χ3v) is 5.28. The van der Waals surface area contributed by atoms with Crippen LogP contribution in [0.3, 0.4) is 0 Å². The van der Waals surface area contributed by atoms with E-state index in [0.29, 0.717) is 18.9 Å². The van der Waals surface area contributed by atoms with E-state index < -0.39 is 0 Å². The average molecular weight is 335 g/mol. The molecule has 0 fully saturated rings. The molecule has 118 valence electrons. The van der Waals surface area contributed by atoms with Crippen molar-refractivity contribution in [3.8, 4) is 5.75 Å². The fraction of sp³-hybridized carbons (Fsp3) is 0.353. The molecule has 5 heteroatoms. The number of hydrogen-bond donors (Lipinski definition) is 0. The molecule has 0 radical (unpaired) electrons. The molecule has 0 spiro atoms. The van der Waals surface area contributed by atoms with E-state index in [0.717, 1.165) is 10.6 Å². The van der Waals surface area contributed by atoms with Crippen LogP contribution in [-0.2, 0) is 11.3 Å². The number of carbonyl (C=O) groups is 1. The first kappa shape index (κ1) is 16.9. The molecule has 0 N–H and O–H groups in total. The normalized spacial score (nSPS) is 10.5. The smallest absolute Gasteiger partial charge is 0.233 e. The van der Waals surface area contributed by atoms with Crippen molar-refractivity contribution in [1.82, 2.24) is 4.90 Å². The van der Waals surface area contributed by atoms with Crippen molar-refractivity contribution in [3.05, 3.63) is 46.2 Å². The molecular weight excluding hydrogens is 314 g/mol. The zero-order chi connectivity index (χ0) is 15.9. The van der Waals surface area contributed by atoms with Gasteiger partial charge in [-0.2, -0.15) is 0 Å². The fourth-order valence-electron chi connectivity index (χ4n) is 1.92. The van der Waals surface area contributed by atoms with Gasteiger partial charge < -0.3 is 9.64 Å². The van der Waals surface area contributed by atoms with E-state index in [2.05, 4.69) is 18.4 Å². The fourth-order valence-corrected chi connectivity index (χ4v) is 3.72. The molecule has 0 saturated carbocycles. The van der Waals surface area contributed by atoms with E-state index in [4.69, 9.17) is 4.74 Å². The van der Waals surface area contributed by atoms with Crippen LogP contribution < -0.4 is 4.74 Å². The molecule has 0 aliphatic heterocycles. The van der Waals surface area contributed by atoms with E-state index in [-0.39, 0.29) is 5.91 Å². The first-order valence-electron chi connectivity index (χ1n) is 7.22. The summed E-state index contributed by atoms with van der Waals surface area (Å²) in [6, 6.07) is 9.95. The van der Waals surface area contributed by atoms with E-state index in [1.165, 1.54) is 10.4 Å². The van der Waals surface area contributed by atoms with Crippen molar-refractivity contribution in [2.75, 3.05) is 19.4 Å². The lowest BCUT2D eigenvalue weighted by molar-refractivity contribution is -0.127. The van der Waals surface area contributed by atoms with Crippen molar-refractivity contribution in [2.24, 2.45) is 0 Å². The maximum atomic E-state index is 12.2. The molecule has 0 aliphatic carbocycles. The molecular formula is C17H21NO2S2. The maximum absolute atomic E-state index is 12.2. The van der Waals surface area contributed by atoms with Gasteiger partial charge >= 0.3 is 0 Å². The molecule has 0 aliphatic rings. The maximum Gasteiger partial charge on any atom is 0.233 e. The van der Waals surface area contributed by atoms with Gasteiger partial charge in [-0.15, -0.1) is 23.1 Å². The van der Waals surface area contributed by atoms with Crippen LogP contribution in [0, 0.1) is 6.92 Å². The lowest BCUT2D eigenvalue weighted by Crippen LogP contribution is -2.27. The number of thiophene rings is 1. The first-order valence-corrected chi connectivity index (χ1v) is 9.09. The van der Waals surface area contributed by atoms with Crippen LogP contribution in [0.1, 0.15) is 17.4 Å². The summed E-state index contributed by atoms with van der Waals surface area (Å²) in [7, 11) is 1.86. The number of ether oxygens (including phenoxy) is 1. The van der Waals surface area contributed by atoms with Crippen molar-refractivity contribution in [3.63, 3.8) is 0 Å². The summed E-state index contributed by atoms with van der Waals surface area (Å²) in [5.74, 6) is 1.46. The van der Waals surface area contributed by atoms with Crippen LogP contribution in [0.15, 0.2) is 40.6 Å². The first-order chi connectivity index (χ1) is 10.6. The average Bonchev–Trinajstić information content (AvgIpc) is 2.91. The van der Waals surface area contributed by atoms with Crippen LogP contribution in [0.25, 0.3) is 0 Å². The highest BCUT2D eigenvalue weighted by Crippen LogP contribution is 2.22. The van der Waals surface area contributed by atoms with Crippen LogP contribution in [-0.4, -0.2) is 30.2 Å². The van der Waals surface area contributed by atoms with Gasteiger partial charge in [0.1, 0.15) is 5.75 Å². The molecule has 22 heavy (non-hydrogen) atoms. The summed E-state index contributed by atoms with van der Waals surface area (Å²) in [4.78, 5) is 16.3. The number of hydrogen-bond acceptors (Lipinski definition) is 4. The minimum Gasteiger partial charge on any atom is -0.494 e. The van der Waals surface area contributed by atoms with Crippen LogP contribution in [0.4, 0.5) is 0 Å². The second-order valence-electron chi connectivity index (χ2n) is 4.97. The molecule has 1 amide bonds. The van der Waals surface area contributed by atoms with E-state index >= 15 is 0 Å². The molecule has 0 unspecified atom stereocenters. The van der Waals surface area contributed by atoms with Crippen molar-refractivity contribution in [1.29, 1.82) is 0 Å². The molecule has 2 aromatic rings. The monoisotopic (exact) mass is 335 g/mol. The molecule has 1 aromatic heterocycles. The van der Waals surface area contributed by atoms with Crippen LogP contribution in [0.5, 0.6) is 5.75 Å². The molecule has 3 nitrogen and oxygen atoms in total. The number of nitrogens with zero attached hydrogens (tertiary/aromatic N) is 1. The predicted molar refractivity (Wildman–Crippen MR) is 93.9 cm³/mol. The van der Waals surface area contributed by atoms with Crippen LogP contribution in [0.2, 0.25) is 0 Å². The Balaban J connectivity index is 1.82. The largest absolute Gasteiger partial charge is 0.494 e. The number of amides is 1. The lowest BCUT2D eigenvalue weighted by atomic mass is 10.3. The summed E-state index contributed by atoms with van der Waals surface area (Å²) < 4.78 is 5.41. The Kier molecular flexibility index (Phi) is 6.34. The van der Waals surface area contributed by atoms with Gasteiger partial charge in [0.15, 0.2) is 0 Å². The predicted octanol–water partition coefficient (Wildman–Crippen LogP) is 4.21. The number of aryl methyl sites for hydroxylation is 1. The second kappa shape index (κ2) is 8.25. The zero-order valence-electron chi connectivity index (χ0n) is 13.2. The Morgan fingerprint density at radius 3 is 2.59 bits per heavy atom. The summed E-state index contributed by atoms with van der Waals surface area (Å²) in [5, 5.41) is 2.07. The summed E-state index contributed by atoms with van der Waals surface area (Å²) >= 11 is 3.26. The standard InChI is InChI=1S/C17H21NO2S2/c1-4-20-14-5-7-15(8-6-14)22-12-17(19)18(3)11-16-13(2)9-10-21-16/h5-10H,4,11-12H2,1-3H3. The summed E-state index contributed by atoms with van der Waals surface area (Å²) in [6.07, 6.45) is 0. The van der Waals surface area contributed by atoms with Crippen molar-refractivity contribution >= 4 is 29.0 Å². The Hall–Kier alpha value is -1.46.